The van der Waals surface area contributed by atoms with Gasteiger partial charge in [-0.3, -0.25) is 0 Å². The summed E-state index contributed by atoms with van der Waals surface area (Å²) in [6.07, 6.45) is 1.86. The van der Waals surface area contributed by atoms with Crippen LogP contribution in [-0.2, 0) is 0 Å². The highest BCUT2D eigenvalue weighted by atomic mass is 35.5. The Morgan fingerprint density at radius 3 is 2.58 bits per heavy atom. The fourth-order valence-electron chi connectivity index (χ4n) is 1.78. The van der Waals surface area contributed by atoms with Gasteiger partial charge in [-0.15, -0.1) is 0 Å². The van der Waals surface area contributed by atoms with Crippen LogP contribution < -0.4 is 5.73 Å². The maximum absolute atomic E-state index is 5.95. The zero-order chi connectivity index (χ0) is 13.8. The normalized spacial score (nSPS) is 12.6. The summed E-state index contributed by atoms with van der Waals surface area (Å²) >= 11 is 11.9. The van der Waals surface area contributed by atoms with E-state index in [1.165, 1.54) is 0 Å². The fourth-order valence-corrected chi connectivity index (χ4v) is 2.31. The first-order valence-electron chi connectivity index (χ1n) is 6.10. The van der Waals surface area contributed by atoms with Crippen molar-refractivity contribution in [3.8, 4) is 11.4 Å². The molecule has 0 fully saturated rings. The Morgan fingerprint density at radius 1 is 1.26 bits per heavy atom. The van der Waals surface area contributed by atoms with Crippen LogP contribution in [0.2, 0.25) is 10.0 Å². The van der Waals surface area contributed by atoms with Crippen LogP contribution in [0.25, 0.3) is 11.4 Å². The van der Waals surface area contributed by atoms with Gasteiger partial charge < -0.3 is 10.3 Å². The minimum absolute atomic E-state index is 0.194. The van der Waals surface area contributed by atoms with E-state index in [0.717, 1.165) is 18.4 Å². The van der Waals surface area contributed by atoms with Gasteiger partial charge in [0.15, 0.2) is 0 Å². The van der Waals surface area contributed by atoms with Crippen LogP contribution in [0, 0.1) is 0 Å². The molecule has 2 rings (SSSR count). The van der Waals surface area contributed by atoms with Gasteiger partial charge in [0.2, 0.25) is 11.7 Å². The van der Waals surface area contributed by atoms with E-state index in [1.807, 2.05) is 6.92 Å². The van der Waals surface area contributed by atoms with Gasteiger partial charge in [-0.05, 0) is 37.6 Å². The van der Waals surface area contributed by atoms with Crippen LogP contribution in [0.3, 0.4) is 0 Å². The van der Waals surface area contributed by atoms with Crippen LogP contribution in [0.4, 0.5) is 0 Å². The molecule has 0 bridgehead atoms. The molecule has 0 saturated heterocycles. The zero-order valence-corrected chi connectivity index (χ0v) is 12.1. The van der Waals surface area contributed by atoms with Gasteiger partial charge in [-0.1, -0.05) is 35.3 Å². The van der Waals surface area contributed by atoms with Crippen molar-refractivity contribution < 1.29 is 4.52 Å². The Bertz CT molecular complexity index is 536. The monoisotopic (exact) mass is 299 g/mol. The predicted molar refractivity (Wildman–Crippen MR) is 76.5 cm³/mol. The van der Waals surface area contributed by atoms with Gasteiger partial charge in [0.05, 0.1) is 0 Å². The van der Waals surface area contributed by atoms with Crippen LogP contribution >= 0.6 is 23.2 Å². The van der Waals surface area contributed by atoms with Crippen LogP contribution in [-0.4, -0.2) is 16.7 Å². The molecule has 0 spiro atoms. The number of nitrogens with two attached hydrogens (primary N) is 1. The van der Waals surface area contributed by atoms with Crippen LogP contribution in [0.5, 0.6) is 0 Å². The van der Waals surface area contributed by atoms with Crippen molar-refractivity contribution in [3.63, 3.8) is 0 Å². The Hall–Kier alpha value is -1.10. The van der Waals surface area contributed by atoms with Crippen molar-refractivity contribution in [1.82, 2.24) is 10.1 Å². The van der Waals surface area contributed by atoms with Gasteiger partial charge in [-0.25, -0.2) is 0 Å². The number of hydrogen-bond acceptors (Lipinski definition) is 4. The summed E-state index contributed by atoms with van der Waals surface area (Å²) in [6, 6.07) is 5.18. The molecule has 6 heteroatoms. The second-order valence-electron chi connectivity index (χ2n) is 4.45. The molecule has 4 nitrogen and oxygen atoms in total. The molecule has 0 aliphatic carbocycles. The molecule has 0 aliphatic heterocycles. The SMILES string of the molecule is CC(CCCN)c1nc(-c2cc(Cl)cc(Cl)c2)no1. The highest BCUT2D eigenvalue weighted by Crippen LogP contribution is 2.27. The minimum Gasteiger partial charge on any atom is -0.339 e. The predicted octanol–water partition coefficient (Wildman–Crippen LogP) is 3.89. The Morgan fingerprint density at radius 2 is 1.95 bits per heavy atom. The smallest absolute Gasteiger partial charge is 0.229 e. The van der Waals surface area contributed by atoms with E-state index in [0.29, 0.717) is 28.3 Å². The van der Waals surface area contributed by atoms with E-state index in [-0.39, 0.29) is 5.92 Å². The van der Waals surface area contributed by atoms with Gasteiger partial charge in [0, 0.05) is 21.5 Å². The number of benzene rings is 1. The molecule has 2 aromatic rings. The summed E-state index contributed by atoms with van der Waals surface area (Å²) in [7, 11) is 0. The number of aromatic nitrogens is 2. The quantitative estimate of drug-likeness (QED) is 0.910. The lowest BCUT2D eigenvalue weighted by molar-refractivity contribution is 0.352. The molecular formula is C13H15Cl2N3O. The van der Waals surface area contributed by atoms with Gasteiger partial charge >= 0.3 is 0 Å². The Kier molecular flexibility index (Phi) is 4.80. The highest BCUT2D eigenvalue weighted by molar-refractivity contribution is 6.35. The molecule has 19 heavy (non-hydrogen) atoms. The second-order valence-corrected chi connectivity index (χ2v) is 5.32. The number of halogens is 2. The van der Waals surface area contributed by atoms with Crippen molar-refractivity contribution in [3.05, 3.63) is 34.1 Å². The third kappa shape index (κ3) is 3.69. The van der Waals surface area contributed by atoms with Crippen LogP contribution in [0.15, 0.2) is 22.7 Å². The molecule has 1 aromatic heterocycles. The molecule has 1 aromatic carbocycles. The number of nitrogens with zero attached hydrogens (tertiary/aromatic N) is 2. The summed E-state index contributed by atoms with van der Waals surface area (Å²) in [5, 5.41) is 5.06. The average Bonchev–Trinajstić information content (AvgIpc) is 2.84. The summed E-state index contributed by atoms with van der Waals surface area (Å²) in [4.78, 5) is 4.38. The molecule has 0 aliphatic rings. The van der Waals surface area contributed by atoms with E-state index in [2.05, 4.69) is 10.1 Å². The minimum atomic E-state index is 0.194. The van der Waals surface area contributed by atoms with Gasteiger partial charge in [0.1, 0.15) is 0 Å². The molecule has 102 valence electrons. The van der Waals surface area contributed by atoms with Crippen molar-refractivity contribution in [2.75, 3.05) is 6.54 Å². The number of hydrogen-bond donors (Lipinski definition) is 1. The molecule has 1 heterocycles. The molecule has 0 amide bonds. The molecule has 0 radical (unpaired) electrons. The molecule has 1 unspecified atom stereocenters. The third-order valence-electron chi connectivity index (χ3n) is 2.83. The fraction of sp³-hybridized carbons (Fsp3) is 0.385. The van der Waals surface area contributed by atoms with Crippen LogP contribution in [0.1, 0.15) is 31.6 Å². The topological polar surface area (TPSA) is 64.9 Å². The Balaban J connectivity index is 2.20. The first-order valence-corrected chi connectivity index (χ1v) is 6.86. The third-order valence-corrected chi connectivity index (χ3v) is 3.26. The van der Waals surface area contributed by atoms with Crippen molar-refractivity contribution in [1.29, 1.82) is 0 Å². The van der Waals surface area contributed by atoms with E-state index in [9.17, 15) is 0 Å². The largest absolute Gasteiger partial charge is 0.339 e. The summed E-state index contributed by atoms with van der Waals surface area (Å²) < 4.78 is 5.27. The summed E-state index contributed by atoms with van der Waals surface area (Å²) in [5.74, 6) is 1.30. The van der Waals surface area contributed by atoms with Crippen molar-refractivity contribution in [2.45, 2.75) is 25.7 Å². The summed E-state index contributed by atoms with van der Waals surface area (Å²) in [6.45, 7) is 2.70. The van der Waals surface area contributed by atoms with E-state index >= 15 is 0 Å². The highest BCUT2D eigenvalue weighted by Gasteiger charge is 2.15. The first kappa shape index (κ1) is 14.3. The first-order chi connectivity index (χ1) is 9.10. The lowest BCUT2D eigenvalue weighted by atomic mass is 10.1. The van der Waals surface area contributed by atoms with E-state index in [1.54, 1.807) is 18.2 Å². The second kappa shape index (κ2) is 6.37. The van der Waals surface area contributed by atoms with Gasteiger partial charge in [0.25, 0.3) is 0 Å². The summed E-state index contributed by atoms with van der Waals surface area (Å²) in [5.41, 5.74) is 6.24. The van der Waals surface area contributed by atoms with Gasteiger partial charge in [-0.2, -0.15) is 4.98 Å². The standard InChI is InChI=1S/C13H15Cl2N3O/c1-8(3-2-4-16)13-17-12(18-19-13)9-5-10(14)7-11(15)6-9/h5-8H,2-4,16H2,1H3. The molecule has 0 saturated carbocycles. The maximum atomic E-state index is 5.95. The Labute approximate surface area is 121 Å². The lowest BCUT2D eigenvalue weighted by Crippen LogP contribution is -2.02. The van der Waals surface area contributed by atoms with E-state index < -0.39 is 0 Å². The molecular weight excluding hydrogens is 285 g/mol. The average molecular weight is 300 g/mol. The number of rotatable bonds is 5. The van der Waals surface area contributed by atoms with Crippen molar-refractivity contribution >= 4 is 23.2 Å². The lowest BCUT2D eigenvalue weighted by Gasteiger charge is -2.03. The van der Waals surface area contributed by atoms with Crippen molar-refractivity contribution in [2.24, 2.45) is 5.73 Å². The zero-order valence-electron chi connectivity index (χ0n) is 10.6. The van der Waals surface area contributed by atoms with E-state index in [4.69, 9.17) is 33.5 Å². The maximum Gasteiger partial charge on any atom is 0.229 e. The molecule has 2 N–H and O–H groups in total. The molecule has 1 atom stereocenters.